The maximum atomic E-state index is 13.0. The van der Waals surface area contributed by atoms with Crippen molar-refractivity contribution in [3.8, 4) is 11.1 Å². The van der Waals surface area contributed by atoms with Gasteiger partial charge in [-0.3, -0.25) is 14.4 Å². The number of rotatable bonds is 6. The van der Waals surface area contributed by atoms with Crippen molar-refractivity contribution in [1.29, 1.82) is 0 Å². The number of fused-ring (bicyclic) bond motifs is 6. The summed E-state index contributed by atoms with van der Waals surface area (Å²) >= 11 is 0. The van der Waals surface area contributed by atoms with E-state index in [0.29, 0.717) is 0 Å². The van der Waals surface area contributed by atoms with Gasteiger partial charge in [0.1, 0.15) is 12.6 Å². The topological polar surface area (TPSA) is 105 Å². The first-order valence-electron chi connectivity index (χ1n) is 11.3. The number of hydrogen-bond donors (Lipinski definition) is 2. The number of aliphatic carboxylic acids is 1. The smallest absolute Gasteiger partial charge is 0.407 e. The van der Waals surface area contributed by atoms with Gasteiger partial charge in [0, 0.05) is 5.92 Å². The Balaban J connectivity index is 1.26. The lowest BCUT2D eigenvalue weighted by Crippen LogP contribution is -2.57. The summed E-state index contributed by atoms with van der Waals surface area (Å²) in [7, 11) is 0. The minimum atomic E-state index is -1.25. The summed E-state index contributed by atoms with van der Waals surface area (Å²) in [6, 6.07) is 14.6. The van der Waals surface area contributed by atoms with E-state index >= 15 is 0 Å². The summed E-state index contributed by atoms with van der Waals surface area (Å²) in [5.74, 6) is -1.85. The van der Waals surface area contributed by atoms with E-state index in [4.69, 9.17) is 9.57 Å². The number of amides is 2. The maximum Gasteiger partial charge on any atom is 0.407 e. The third-order valence-corrected chi connectivity index (χ3v) is 6.77. The molecule has 2 N–H and O–H groups in total. The maximum absolute atomic E-state index is 13.0. The third-order valence-electron chi connectivity index (χ3n) is 6.77. The highest BCUT2D eigenvalue weighted by atomic mass is 16.7. The van der Waals surface area contributed by atoms with Crippen LogP contribution in [0.15, 0.2) is 48.5 Å². The molecule has 2 heterocycles. The van der Waals surface area contributed by atoms with Crippen LogP contribution in [0.3, 0.4) is 0 Å². The van der Waals surface area contributed by atoms with Crippen LogP contribution in [0, 0.1) is 0 Å². The summed E-state index contributed by atoms with van der Waals surface area (Å²) in [6.07, 6.45) is 2.02. The molecule has 33 heavy (non-hydrogen) atoms. The number of hydrogen-bond acceptors (Lipinski definition) is 5. The molecule has 2 aliphatic heterocycles. The highest BCUT2D eigenvalue weighted by Crippen LogP contribution is 2.44. The van der Waals surface area contributed by atoms with Gasteiger partial charge in [0.15, 0.2) is 0 Å². The molecule has 0 spiro atoms. The number of nitrogens with one attached hydrogen (secondary N) is 1. The average molecular weight is 450 g/mol. The SMILES string of the molecule is O=C(O)CC(NC(=O)OCC1c2ccccc2-c2ccccc21)C(=O)N1OC2CCC1CC2. The van der Waals surface area contributed by atoms with Crippen molar-refractivity contribution in [3.63, 3.8) is 0 Å². The van der Waals surface area contributed by atoms with Crippen molar-refractivity contribution in [2.24, 2.45) is 0 Å². The molecule has 8 nitrogen and oxygen atoms in total. The quantitative estimate of drug-likeness (QED) is 0.698. The molecule has 2 aliphatic carbocycles. The zero-order chi connectivity index (χ0) is 22.9. The van der Waals surface area contributed by atoms with Gasteiger partial charge in [-0.1, -0.05) is 48.5 Å². The van der Waals surface area contributed by atoms with Gasteiger partial charge in [-0.25, -0.2) is 9.86 Å². The van der Waals surface area contributed by atoms with E-state index in [9.17, 15) is 19.5 Å². The number of alkyl carbamates (subject to hydrolysis) is 1. The van der Waals surface area contributed by atoms with Gasteiger partial charge < -0.3 is 15.2 Å². The molecule has 2 amide bonds. The summed E-state index contributed by atoms with van der Waals surface area (Å²) in [5.41, 5.74) is 4.36. The summed E-state index contributed by atoms with van der Waals surface area (Å²) in [5, 5.41) is 13.0. The van der Waals surface area contributed by atoms with Crippen LogP contribution in [0.25, 0.3) is 11.1 Å². The van der Waals surface area contributed by atoms with Crippen molar-refractivity contribution in [3.05, 3.63) is 59.7 Å². The largest absolute Gasteiger partial charge is 0.481 e. The Morgan fingerprint density at radius 3 is 2.15 bits per heavy atom. The van der Waals surface area contributed by atoms with Crippen LogP contribution in [-0.2, 0) is 19.2 Å². The minimum absolute atomic E-state index is 0.0288. The molecule has 2 aromatic carbocycles. The van der Waals surface area contributed by atoms with Crippen LogP contribution in [0.2, 0.25) is 0 Å². The summed E-state index contributed by atoms with van der Waals surface area (Å²) < 4.78 is 5.50. The van der Waals surface area contributed by atoms with Gasteiger partial charge in [-0.05, 0) is 47.9 Å². The molecule has 0 aromatic heterocycles. The number of nitrogens with zero attached hydrogens (tertiary/aromatic N) is 1. The molecule has 1 unspecified atom stereocenters. The number of carbonyl (C=O) groups excluding carboxylic acids is 2. The molecule has 1 saturated carbocycles. The van der Waals surface area contributed by atoms with Gasteiger partial charge >= 0.3 is 12.1 Å². The number of carboxylic acid groups (broad SMARTS) is 1. The lowest BCUT2D eigenvalue weighted by molar-refractivity contribution is -0.264. The first-order valence-corrected chi connectivity index (χ1v) is 11.3. The number of benzene rings is 2. The lowest BCUT2D eigenvalue weighted by atomic mass is 9.90. The van der Waals surface area contributed by atoms with Crippen LogP contribution in [0.4, 0.5) is 4.79 Å². The highest BCUT2D eigenvalue weighted by molar-refractivity contribution is 5.89. The average Bonchev–Trinajstić information content (AvgIpc) is 3.16. The fourth-order valence-electron chi connectivity index (χ4n) is 5.17. The van der Waals surface area contributed by atoms with E-state index in [1.807, 2.05) is 48.5 Å². The van der Waals surface area contributed by atoms with E-state index in [-0.39, 0.29) is 24.7 Å². The molecule has 4 aliphatic rings. The molecule has 0 radical (unpaired) electrons. The molecular formula is C25H26N2O6. The van der Waals surface area contributed by atoms with Crippen molar-refractivity contribution in [2.45, 2.75) is 56.2 Å². The molecule has 2 saturated heterocycles. The number of carboxylic acids is 1. The molecule has 3 fully saturated rings. The molecule has 2 bridgehead atoms. The predicted octanol–water partition coefficient (Wildman–Crippen LogP) is 3.45. The number of ether oxygens (including phenoxy) is 1. The Bertz CT molecular complexity index is 1030. The van der Waals surface area contributed by atoms with Crippen LogP contribution < -0.4 is 5.32 Å². The highest BCUT2D eigenvalue weighted by Gasteiger charge is 2.41. The van der Waals surface area contributed by atoms with Crippen molar-refractivity contribution < 1.29 is 29.1 Å². The molecule has 8 heteroatoms. The van der Waals surface area contributed by atoms with Gasteiger partial charge in [-0.2, -0.15) is 0 Å². The molecule has 2 aromatic rings. The Morgan fingerprint density at radius 2 is 1.61 bits per heavy atom. The van der Waals surface area contributed by atoms with Gasteiger partial charge in [0.05, 0.1) is 18.6 Å². The summed E-state index contributed by atoms with van der Waals surface area (Å²) in [6.45, 7) is 0.0821. The zero-order valence-corrected chi connectivity index (χ0v) is 18.1. The monoisotopic (exact) mass is 450 g/mol. The fourth-order valence-corrected chi connectivity index (χ4v) is 5.17. The van der Waals surface area contributed by atoms with Crippen LogP contribution in [0.5, 0.6) is 0 Å². The second kappa shape index (κ2) is 8.86. The Labute approximate surface area is 191 Å². The molecular weight excluding hydrogens is 424 g/mol. The van der Waals surface area contributed by atoms with Crippen molar-refractivity contribution >= 4 is 18.0 Å². The van der Waals surface area contributed by atoms with E-state index in [1.54, 1.807) is 0 Å². The first kappa shape index (κ1) is 21.5. The summed E-state index contributed by atoms with van der Waals surface area (Å²) in [4.78, 5) is 42.7. The van der Waals surface area contributed by atoms with E-state index < -0.39 is 30.4 Å². The Hall–Kier alpha value is -3.39. The third kappa shape index (κ3) is 4.18. The Kier molecular flexibility index (Phi) is 5.76. The van der Waals surface area contributed by atoms with Crippen molar-refractivity contribution in [1.82, 2.24) is 10.4 Å². The normalized spacial score (nSPS) is 21.8. The number of hydroxylamine groups is 2. The molecule has 172 valence electrons. The fraction of sp³-hybridized carbons (Fsp3) is 0.400. The van der Waals surface area contributed by atoms with Gasteiger partial charge in [0.25, 0.3) is 5.91 Å². The van der Waals surface area contributed by atoms with Gasteiger partial charge in [-0.15, -0.1) is 0 Å². The second-order valence-electron chi connectivity index (χ2n) is 8.82. The molecule has 1 atom stereocenters. The van der Waals surface area contributed by atoms with Crippen molar-refractivity contribution in [2.75, 3.05) is 6.61 Å². The zero-order valence-electron chi connectivity index (χ0n) is 18.1. The van der Waals surface area contributed by atoms with Crippen LogP contribution >= 0.6 is 0 Å². The van der Waals surface area contributed by atoms with E-state index in [1.165, 1.54) is 5.06 Å². The first-order chi connectivity index (χ1) is 16.0. The van der Waals surface area contributed by atoms with E-state index in [2.05, 4.69) is 5.32 Å². The van der Waals surface area contributed by atoms with Crippen LogP contribution in [0.1, 0.15) is 49.1 Å². The standard InChI is InChI=1S/C25H26N2O6/c28-23(29)13-22(24(30)27-15-9-11-16(33-27)12-10-15)26-25(31)32-14-21-19-7-3-1-5-17(19)18-6-2-4-8-20(18)21/h1-8,15-16,21-22H,9-14H2,(H,26,31)(H,28,29). The molecule has 6 rings (SSSR count). The van der Waals surface area contributed by atoms with Gasteiger partial charge in [0.2, 0.25) is 0 Å². The predicted molar refractivity (Wildman–Crippen MR) is 118 cm³/mol. The second-order valence-corrected chi connectivity index (χ2v) is 8.82. The Morgan fingerprint density at radius 1 is 1.00 bits per heavy atom. The number of carbonyl (C=O) groups is 3. The minimum Gasteiger partial charge on any atom is -0.481 e. The van der Waals surface area contributed by atoms with E-state index in [0.717, 1.165) is 47.9 Å². The lowest BCUT2D eigenvalue weighted by Gasteiger charge is -2.44. The van der Waals surface area contributed by atoms with Crippen LogP contribution in [-0.4, -0.2) is 52.9 Å².